The number of nitrogens with one attached hydrogen (secondary N) is 1. The minimum Gasteiger partial charge on any atom is -0.497 e. The number of hydrogen-bond donors (Lipinski definition) is 1. The van der Waals surface area contributed by atoms with E-state index in [0.717, 1.165) is 11.3 Å². The van der Waals surface area contributed by atoms with Crippen molar-refractivity contribution in [3.63, 3.8) is 0 Å². The lowest BCUT2D eigenvalue weighted by molar-refractivity contribution is -0.138. The first-order valence-corrected chi connectivity index (χ1v) is 12.0. The third-order valence-electron chi connectivity index (χ3n) is 5.73. The van der Waals surface area contributed by atoms with Gasteiger partial charge in [-0.3, -0.25) is 9.59 Å². The van der Waals surface area contributed by atoms with Crippen molar-refractivity contribution in [2.45, 2.75) is 19.9 Å². The van der Waals surface area contributed by atoms with Gasteiger partial charge in [0.15, 0.2) is 6.61 Å². The van der Waals surface area contributed by atoms with Gasteiger partial charge < -0.3 is 19.7 Å². The fourth-order valence-corrected chi connectivity index (χ4v) is 3.78. The number of aromatic nitrogens is 2. The average Bonchev–Trinajstić information content (AvgIpc) is 3.35. The Hall–Kier alpha value is -4.59. The highest BCUT2D eigenvalue weighted by Crippen LogP contribution is 2.26. The molecule has 3 aromatic carbocycles. The topological polar surface area (TPSA) is 85.7 Å². The molecule has 0 unspecified atom stereocenters. The summed E-state index contributed by atoms with van der Waals surface area (Å²) in [5, 5.41) is 7.67. The maximum Gasteiger partial charge on any atom is 0.261 e. The number of anilines is 1. The molecular weight excluding hydrogens is 468 g/mol. The van der Waals surface area contributed by atoms with E-state index in [9.17, 15) is 9.59 Å². The second-order valence-electron chi connectivity index (χ2n) is 8.66. The molecule has 2 amide bonds. The first-order chi connectivity index (χ1) is 17.9. The summed E-state index contributed by atoms with van der Waals surface area (Å²) < 4.78 is 12.5. The molecule has 0 bridgehead atoms. The van der Waals surface area contributed by atoms with Crippen LogP contribution in [-0.2, 0) is 9.59 Å². The van der Waals surface area contributed by atoms with E-state index in [1.54, 1.807) is 23.9 Å². The molecule has 0 radical (unpaired) electrons. The van der Waals surface area contributed by atoms with Gasteiger partial charge in [0.05, 0.1) is 18.5 Å². The molecule has 0 aliphatic rings. The Morgan fingerprint density at radius 3 is 2.19 bits per heavy atom. The molecule has 0 saturated heterocycles. The lowest BCUT2D eigenvalue weighted by atomic mass is 10.1. The molecule has 0 atom stereocenters. The summed E-state index contributed by atoms with van der Waals surface area (Å²) in [5.41, 5.74) is 2.38. The molecule has 0 aliphatic heterocycles. The number of nitrogens with zero attached hydrogens (tertiary/aromatic N) is 3. The predicted octanol–water partition coefficient (Wildman–Crippen LogP) is 4.80. The Kier molecular flexibility index (Phi) is 8.20. The molecule has 1 N–H and O–H groups in total. The number of hydrogen-bond acceptors (Lipinski definition) is 5. The molecule has 8 nitrogen and oxygen atoms in total. The lowest BCUT2D eigenvalue weighted by Crippen LogP contribution is -2.44. The normalized spacial score (nSPS) is 10.7. The standard InChI is InChI=1S/C29H30N4O4/c1-21(2)32(29(35)20-37-25-12-8-5-9-13-25)19-28(34)30-27-18-26(22-10-6-4-7-11-22)31-33(27)23-14-16-24(36-3)17-15-23/h4-18,21H,19-20H2,1-3H3,(H,30,34). The Balaban J connectivity index is 1.52. The maximum atomic E-state index is 13.1. The quantitative estimate of drug-likeness (QED) is 0.339. The van der Waals surface area contributed by atoms with Gasteiger partial charge in [-0.15, -0.1) is 0 Å². The van der Waals surface area contributed by atoms with Gasteiger partial charge in [0.25, 0.3) is 5.91 Å². The summed E-state index contributed by atoms with van der Waals surface area (Å²) in [6.07, 6.45) is 0. The number of rotatable bonds is 10. The number of benzene rings is 3. The maximum absolute atomic E-state index is 13.1. The second kappa shape index (κ2) is 11.9. The zero-order chi connectivity index (χ0) is 26.2. The number of carbonyl (C=O) groups excluding carboxylic acids is 2. The molecule has 190 valence electrons. The van der Waals surface area contributed by atoms with Crippen LogP contribution in [0.1, 0.15) is 13.8 Å². The van der Waals surface area contributed by atoms with Crippen LogP contribution in [0, 0.1) is 0 Å². The van der Waals surface area contributed by atoms with Crippen molar-refractivity contribution in [2.24, 2.45) is 0 Å². The van der Waals surface area contributed by atoms with Crippen LogP contribution in [0.3, 0.4) is 0 Å². The van der Waals surface area contributed by atoms with E-state index in [-0.39, 0.29) is 31.0 Å². The predicted molar refractivity (Wildman–Crippen MR) is 143 cm³/mol. The summed E-state index contributed by atoms with van der Waals surface area (Å²) in [7, 11) is 1.61. The second-order valence-corrected chi connectivity index (χ2v) is 8.66. The SMILES string of the molecule is COc1ccc(-n2nc(-c3ccccc3)cc2NC(=O)CN(C(=O)COc2ccccc2)C(C)C)cc1. The Morgan fingerprint density at radius 1 is 0.919 bits per heavy atom. The molecular formula is C29H30N4O4. The average molecular weight is 499 g/mol. The van der Waals surface area contributed by atoms with Crippen LogP contribution >= 0.6 is 0 Å². The van der Waals surface area contributed by atoms with Gasteiger partial charge in [0.2, 0.25) is 5.91 Å². The smallest absolute Gasteiger partial charge is 0.261 e. The number of methoxy groups -OCH3 is 1. The highest BCUT2D eigenvalue weighted by molar-refractivity contribution is 5.95. The summed E-state index contributed by atoms with van der Waals surface area (Å²) in [5.74, 6) is 1.19. The molecule has 4 aromatic rings. The van der Waals surface area contributed by atoms with E-state index in [4.69, 9.17) is 14.6 Å². The highest BCUT2D eigenvalue weighted by atomic mass is 16.5. The lowest BCUT2D eigenvalue weighted by Gasteiger charge is -2.26. The Morgan fingerprint density at radius 2 is 1.57 bits per heavy atom. The van der Waals surface area contributed by atoms with E-state index in [1.165, 1.54) is 4.90 Å². The van der Waals surface area contributed by atoms with Gasteiger partial charge in [0.1, 0.15) is 23.9 Å². The third-order valence-corrected chi connectivity index (χ3v) is 5.73. The molecule has 37 heavy (non-hydrogen) atoms. The van der Waals surface area contributed by atoms with E-state index in [2.05, 4.69) is 5.32 Å². The minimum absolute atomic E-state index is 0.122. The van der Waals surface area contributed by atoms with Crippen molar-refractivity contribution in [3.05, 3.63) is 91.0 Å². The Bertz CT molecular complexity index is 1320. The van der Waals surface area contributed by atoms with Crippen molar-refractivity contribution < 1.29 is 19.1 Å². The zero-order valence-electron chi connectivity index (χ0n) is 21.1. The third kappa shape index (κ3) is 6.55. The first kappa shape index (κ1) is 25.5. The van der Waals surface area contributed by atoms with Gasteiger partial charge in [-0.1, -0.05) is 48.5 Å². The molecule has 4 rings (SSSR count). The molecule has 1 aromatic heterocycles. The summed E-state index contributed by atoms with van der Waals surface area (Å²) in [6.45, 7) is 3.45. The van der Waals surface area contributed by atoms with Crippen LogP contribution in [0.4, 0.5) is 5.82 Å². The summed E-state index contributed by atoms with van der Waals surface area (Å²) in [4.78, 5) is 27.5. The van der Waals surface area contributed by atoms with Crippen molar-refractivity contribution in [3.8, 4) is 28.4 Å². The monoisotopic (exact) mass is 498 g/mol. The van der Waals surface area contributed by atoms with Crippen molar-refractivity contribution in [1.82, 2.24) is 14.7 Å². The summed E-state index contributed by atoms with van der Waals surface area (Å²) >= 11 is 0. The van der Waals surface area contributed by atoms with Gasteiger partial charge >= 0.3 is 0 Å². The molecule has 1 heterocycles. The van der Waals surface area contributed by atoms with Crippen molar-refractivity contribution >= 4 is 17.6 Å². The Labute approximate surface area is 216 Å². The number of amides is 2. The van der Waals surface area contributed by atoms with Crippen molar-refractivity contribution in [1.29, 1.82) is 0 Å². The van der Waals surface area contributed by atoms with Crippen LogP contribution < -0.4 is 14.8 Å². The number of ether oxygens (including phenoxy) is 2. The zero-order valence-corrected chi connectivity index (χ0v) is 21.1. The molecule has 0 aliphatic carbocycles. The van der Waals surface area contributed by atoms with Crippen LogP contribution in [0.15, 0.2) is 91.0 Å². The van der Waals surface area contributed by atoms with Gasteiger partial charge in [-0.25, -0.2) is 4.68 Å². The summed E-state index contributed by atoms with van der Waals surface area (Å²) in [6, 6.07) is 27.8. The largest absolute Gasteiger partial charge is 0.497 e. The minimum atomic E-state index is -0.337. The van der Waals surface area contributed by atoms with E-state index in [0.29, 0.717) is 23.0 Å². The van der Waals surface area contributed by atoms with E-state index in [1.807, 2.05) is 92.7 Å². The van der Waals surface area contributed by atoms with Crippen LogP contribution in [-0.4, -0.2) is 52.8 Å². The number of para-hydroxylation sites is 1. The fraction of sp³-hybridized carbons (Fsp3) is 0.207. The van der Waals surface area contributed by atoms with Crippen LogP contribution in [0.25, 0.3) is 16.9 Å². The van der Waals surface area contributed by atoms with Crippen LogP contribution in [0.5, 0.6) is 11.5 Å². The first-order valence-electron chi connectivity index (χ1n) is 12.0. The molecule has 0 saturated carbocycles. The number of carbonyl (C=O) groups is 2. The molecule has 8 heteroatoms. The van der Waals surface area contributed by atoms with Crippen LogP contribution in [0.2, 0.25) is 0 Å². The van der Waals surface area contributed by atoms with E-state index < -0.39 is 0 Å². The molecule has 0 fully saturated rings. The van der Waals surface area contributed by atoms with Gasteiger partial charge in [0, 0.05) is 17.7 Å². The van der Waals surface area contributed by atoms with Gasteiger partial charge in [-0.2, -0.15) is 5.10 Å². The highest BCUT2D eigenvalue weighted by Gasteiger charge is 2.22. The fourth-order valence-electron chi connectivity index (χ4n) is 3.78. The van der Waals surface area contributed by atoms with Crippen molar-refractivity contribution in [2.75, 3.05) is 25.6 Å². The van der Waals surface area contributed by atoms with Gasteiger partial charge in [-0.05, 0) is 50.2 Å². The van der Waals surface area contributed by atoms with E-state index >= 15 is 0 Å². The molecule has 0 spiro atoms.